The first-order valence-corrected chi connectivity index (χ1v) is 4.02. The van der Waals surface area contributed by atoms with Crippen LogP contribution in [-0.4, -0.2) is 3.72 Å². The van der Waals surface area contributed by atoms with Crippen molar-refractivity contribution in [1.29, 1.82) is 0 Å². The van der Waals surface area contributed by atoms with E-state index in [9.17, 15) is 4.39 Å². The summed E-state index contributed by atoms with van der Waals surface area (Å²) in [5.41, 5.74) is 6.54. The zero-order chi connectivity index (χ0) is 8.43. The number of nitrogens with two attached hydrogens (primary N) is 2. The molecule has 4 N–H and O–H groups in total. The fourth-order valence-electron chi connectivity index (χ4n) is 0.751. The first-order chi connectivity index (χ1) is 5.11. The highest BCUT2D eigenvalue weighted by Gasteiger charge is 2.06. The molecule has 0 spiro atoms. The van der Waals surface area contributed by atoms with E-state index in [1.807, 2.05) is 22.6 Å². The molecule has 0 heterocycles. The van der Waals surface area contributed by atoms with Crippen molar-refractivity contribution in [2.45, 2.75) is 0 Å². The van der Waals surface area contributed by atoms with Crippen molar-refractivity contribution in [2.75, 3.05) is 5.73 Å². The van der Waals surface area contributed by atoms with Gasteiger partial charge < -0.3 is 5.73 Å². The maximum atomic E-state index is 12.5. The Morgan fingerprint density at radius 3 is 2.64 bits per heavy atom. The lowest BCUT2D eigenvalue weighted by Gasteiger charge is -1.97. The Hall–Kier alpha value is -0.650. The lowest BCUT2D eigenvalue weighted by molar-refractivity contribution is -0.106. The minimum Gasteiger partial charge on any atom is -0.398 e. The molecule has 0 aromatic heterocycles. The largest absolute Gasteiger partial charge is 0.398 e. The monoisotopic (exact) mass is 265 g/mol. The molecule has 58 valence electrons. The van der Waals surface area contributed by atoms with Gasteiger partial charge in [-0.25, -0.2) is 9.80 Å². The first-order valence-electron chi connectivity index (χ1n) is 2.94. The van der Waals surface area contributed by atoms with Crippen LogP contribution in [0, 0.1) is 5.82 Å². The summed E-state index contributed by atoms with van der Waals surface area (Å²) in [6, 6.07) is 4.14. The summed E-state index contributed by atoms with van der Waals surface area (Å²) in [4.78, 5) is 0. The second-order valence-corrected chi connectivity index (χ2v) is 3.24. The number of rotatable bonds is 1. The molecule has 11 heavy (non-hydrogen) atoms. The third-order valence-electron chi connectivity index (χ3n) is 1.27. The smallest absolute Gasteiger partial charge is 0.242 e. The van der Waals surface area contributed by atoms with E-state index < -0.39 is 0 Å². The van der Waals surface area contributed by atoms with E-state index in [4.69, 9.17) is 11.1 Å². The van der Waals surface area contributed by atoms with Gasteiger partial charge in [0.2, 0.25) is 3.72 Å². The molecule has 0 aliphatic rings. The third kappa shape index (κ3) is 1.89. The van der Waals surface area contributed by atoms with E-state index in [1.54, 1.807) is 6.07 Å². The molecule has 0 saturated heterocycles. The van der Waals surface area contributed by atoms with Crippen LogP contribution in [0.2, 0.25) is 0 Å². The van der Waals surface area contributed by atoms with Crippen LogP contribution < -0.4 is 11.1 Å². The van der Waals surface area contributed by atoms with Gasteiger partial charge >= 0.3 is 0 Å². The van der Waals surface area contributed by atoms with Crippen molar-refractivity contribution in [2.24, 2.45) is 0 Å². The summed E-state index contributed by atoms with van der Waals surface area (Å²) < 4.78 is 13.0. The van der Waals surface area contributed by atoms with Gasteiger partial charge in [0.15, 0.2) is 0 Å². The molecule has 0 aliphatic heterocycles. The highest BCUT2D eigenvalue weighted by molar-refractivity contribution is 14.1. The van der Waals surface area contributed by atoms with Gasteiger partial charge in [0.25, 0.3) is 0 Å². The number of hydrogen-bond donors (Lipinski definition) is 2. The minimum absolute atomic E-state index is 0.344. The summed E-state index contributed by atoms with van der Waals surface area (Å²) >= 11 is 1.94. The number of halogens is 2. The second-order valence-electron chi connectivity index (χ2n) is 2.08. The third-order valence-corrected chi connectivity index (χ3v) is 1.85. The van der Waals surface area contributed by atoms with Crippen LogP contribution in [0.1, 0.15) is 5.56 Å². The Morgan fingerprint density at radius 2 is 2.18 bits per heavy atom. The molecule has 0 saturated carbocycles. The predicted molar refractivity (Wildman–Crippen MR) is 50.9 cm³/mol. The van der Waals surface area contributed by atoms with E-state index in [-0.39, 0.29) is 5.82 Å². The first kappa shape index (κ1) is 8.45. The SMILES string of the molecule is Nc1cc(F)ccc1C(=[NH2+])I. The molecule has 0 radical (unpaired) electrons. The fourth-order valence-corrected chi connectivity index (χ4v) is 1.24. The highest BCUT2D eigenvalue weighted by Crippen LogP contribution is 2.14. The maximum absolute atomic E-state index is 12.5. The average Bonchev–Trinajstić information content (AvgIpc) is 1.85. The zero-order valence-corrected chi connectivity index (χ0v) is 7.80. The lowest BCUT2D eigenvalue weighted by Crippen LogP contribution is -2.36. The Balaban J connectivity index is 3.20. The Kier molecular flexibility index (Phi) is 2.43. The van der Waals surface area contributed by atoms with Gasteiger partial charge in [-0.3, -0.25) is 0 Å². The predicted octanol–water partition coefficient (Wildman–Crippen LogP) is 0.349. The molecule has 0 bridgehead atoms. The number of hydrogen-bond acceptors (Lipinski definition) is 1. The summed E-state index contributed by atoms with van der Waals surface area (Å²) in [5.74, 6) is -0.344. The standard InChI is InChI=1S/C7H6FIN2/c8-4-1-2-5(7(9)11)6(10)3-4/h1-3,11H,10H2/p+1. The van der Waals surface area contributed by atoms with Crippen LogP contribution in [0.25, 0.3) is 0 Å². The van der Waals surface area contributed by atoms with Crippen LogP contribution in [0.4, 0.5) is 10.1 Å². The number of benzene rings is 1. The molecular formula is C7H7FIN2+. The molecule has 0 amide bonds. The van der Waals surface area contributed by atoms with E-state index in [0.717, 1.165) is 0 Å². The van der Waals surface area contributed by atoms with Crippen LogP contribution >= 0.6 is 22.6 Å². The molecule has 1 aromatic rings. The topological polar surface area (TPSA) is 51.6 Å². The van der Waals surface area contributed by atoms with Crippen LogP contribution in [0.5, 0.6) is 0 Å². The van der Waals surface area contributed by atoms with Crippen molar-refractivity contribution in [3.05, 3.63) is 29.6 Å². The lowest BCUT2D eigenvalue weighted by atomic mass is 10.2. The normalized spacial score (nSPS) is 9.64. The highest BCUT2D eigenvalue weighted by atomic mass is 127. The van der Waals surface area contributed by atoms with Crippen LogP contribution in [0.3, 0.4) is 0 Å². The molecule has 0 aliphatic carbocycles. The molecule has 0 atom stereocenters. The van der Waals surface area contributed by atoms with E-state index in [1.165, 1.54) is 12.1 Å². The van der Waals surface area contributed by atoms with Gasteiger partial charge in [0.05, 0.1) is 5.56 Å². The van der Waals surface area contributed by atoms with Gasteiger partial charge in [-0.05, 0) is 18.2 Å². The maximum Gasteiger partial charge on any atom is 0.242 e. The van der Waals surface area contributed by atoms with Gasteiger partial charge in [0.1, 0.15) is 5.82 Å². The van der Waals surface area contributed by atoms with E-state index >= 15 is 0 Å². The van der Waals surface area contributed by atoms with Gasteiger partial charge in [-0.1, -0.05) is 0 Å². The molecule has 1 aromatic carbocycles. The Morgan fingerprint density at radius 1 is 1.55 bits per heavy atom. The van der Waals surface area contributed by atoms with Crippen molar-refractivity contribution in [1.82, 2.24) is 0 Å². The number of anilines is 1. The van der Waals surface area contributed by atoms with Crippen molar-refractivity contribution in [3.63, 3.8) is 0 Å². The van der Waals surface area contributed by atoms with Crippen molar-refractivity contribution >= 4 is 32.0 Å². The molecule has 0 unspecified atom stereocenters. The van der Waals surface area contributed by atoms with Crippen LogP contribution in [0.15, 0.2) is 18.2 Å². The minimum atomic E-state index is -0.344. The van der Waals surface area contributed by atoms with Crippen molar-refractivity contribution < 1.29 is 9.80 Å². The summed E-state index contributed by atoms with van der Waals surface area (Å²) in [7, 11) is 0. The molecule has 2 nitrogen and oxygen atoms in total. The average molecular weight is 265 g/mol. The summed E-state index contributed by atoms with van der Waals surface area (Å²) in [6.45, 7) is 0. The summed E-state index contributed by atoms with van der Waals surface area (Å²) in [5, 5.41) is 5.47. The summed E-state index contributed by atoms with van der Waals surface area (Å²) in [6.07, 6.45) is 0. The Bertz CT molecular complexity index is 298. The fraction of sp³-hybridized carbons (Fsp3) is 0. The second kappa shape index (κ2) is 3.17. The van der Waals surface area contributed by atoms with Gasteiger partial charge in [-0.15, -0.1) is 0 Å². The van der Waals surface area contributed by atoms with Crippen LogP contribution in [-0.2, 0) is 0 Å². The molecule has 1 rings (SSSR count). The van der Waals surface area contributed by atoms with Gasteiger partial charge in [-0.2, -0.15) is 0 Å². The molecule has 0 fully saturated rings. The van der Waals surface area contributed by atoms with E-state index in [0.29, 0.717) is 15.0 Å². The molecular weight excluding hydrogens is 258 g/mol. The van der Waals surface area contributed by atoms with E-state index in [2.05, 4.69) is 0 Å². The molecule has 4 heteroatoms. The van der Waals surface area contributed by atoms with Gasteiger partial charge in [0, 0.05) is 28.3 Å². The zero-order valence-electron chi connectivity index (χ0n) is 5.64. The van der Waals surface area contributed by atoms with Crippen molar-refractivity contribution in [3.8, 4) is 0 Å². The quantitative estimate of drug-likeness (QED) is 0.429. The Labute approximate surface area is 77.2 Å². The number of nitrogen functional groups attached to an aromatic ring is 1.